The quantitative estimate of drug-likeness (QED) is 0.654. The van der Waals surface area contributed by atoms with E-state index in [1.54, 1.807) is 12.1 Å². The molecule has 0 aliphatic carbocycles. The van der Waals surface area contributed by atoms with Crippen LogP contribution in [0.2, 0.25) is 5.02 Å². The summed E-state index contributed by atoms with van der Waals surface area (Å²) in [6, 6.07) is 3.24. The van der Waals surface area contributed by atoms with E-state index in [4.69, 9.17) is 23.2 Å². The Balaban J connectivity index is 2.32. The molecule has 3 nitrogen and oxygen atoms in total. The molecule has 0 aliphatic heterocycles. The number of hydrogen-bond donors (Lipinski definition) is 1. The van der Waals surface area contributed by atoms with Crippen molar-refractivity contribution in [2.75, 3.05) is 6.54 Å². The van der Waals surface area contributed by atoms with Gasteiger partial charge in [0.1, 0.15) is 5.69 Å². The summed E-state index contributed by atoms with van der Waals surface area (Å²) in [5.74, 6) is -0.182. The van der Waals surface area contributed by atoms with Crippen molar-refractivity contribution in [3.63, 3.8) is 0 Å². The first-order chi connectivity index (χ1) is 7.59. The van der Waals surface area contributed by atoms with Gasteiger partial charge in [-0.15, -0.1) is 11.6 Å². The van der Waals surface area contributed by atoms with Crippen molar-refractivity contribution in [1.29, 1.82) is 0 Å². The lowest BCUT2D eigenvalue weighted by Crippen LogP contribution is -2.25. The van der Waals surface area contributed by atoms with Crippen LogP contribution >= 0.6 is 23.2 Å². The van der Waals surface area contributed by atoms with Crippen LogP contribution in [0.15, 0.2) is 18.3 Å². The molecule has 1 heterocycles. The van der Waals surface area contributed by atoms with E-state index in [2.05, 4.69) is 10.3 Å². The van der Waals surface area contributed by atoms with E-state index in [1.807, 2.05) is 6.92 Å². The van der Waals surface area contributed by atoms with Gasteiger partial charge in [-0.1, -0.05) is 11.6 Å². The lowest BCUT2D eigenvalue weighted by Gasteiger charge is -2.05. The Kier molecular flexibility index (Phi) is 5.56. The zero-order chi connectivity index (χ0) is 12.0. The monoisotopic (exact) mass is 260 g/mol. The fraction of sp³-hybridized carbons (Fsp3) is 0.455. The predicted octanol–water partition coefficient (Wildman–Crippen LogP) is 2.87. The van der Waals surface area contributed by atoms with Crippen LogP contribution in [-0.4, -0.2) is 22.8 Å². The summed E-state index contributed by atoms with van der Waals surface area (Å²) in [5, 5.41) is 3.44. The van der Waals surface area contributed by atoms with Crippen molar-refractivity contribution in [3.05, 3.63) is 29.0 Å². The minimum atomic E-state index is -0.182. The van der Waals surface area contributed by atoms with Crippen LogP contribution in [0.5, 0.6) is 0 Å². The van der Waals surface area contributed by atoms with Gasteiger partial charge in [0.2, 0.25) is 0 Å². The Morgan fingerprint density at radius 1 is 1.56 bits per heavy atom. The Hall–Kier alpha value is -0.800. The van der Waals surface area contributed by atoms with Gasteiger partial charge in [-0.3, -0.25) is 4.79 Å². The number of carbonyl (C=O) groups excluding carboxylic acids is 1. The average Bonchev–Trinajstić information content (AvgIpc) is 2.25. The van der Waals surface area contributed by atoms with Gasteiger partial charge in [0.25, 0.3) is 5.91 Å². The molecule has 88 valence electrons. The summed E-state index contributed by atoms with van der Waals surface area (Å²) in [4.78, 5) is 15.5. The smallest absolute Gasteiger partial charge is 0.269 e. The highest BCUT2D eigenvalue weighted by Crippen LogP contribution is 2.06. The highest BCUT2D eigenvalue weighted by molar-refractivity contribution is 6.30. The maximum absolute atomic E-state index is 11.6. The molecule has 5 heteroatoms. The Labute approximate surface area is 105 Å². The molecule has 1 aromatic heterocycles. The zero-order valence-electron chi connectivity index (χ0n) is 9.04. The second-order valence-corrected chi connectivity index (χ2v) is 4.72. The molecule has 0 saturated carbocycles. The van der Waals surface area contributed by atoms with E-state index >= 15 is 0 Å². The summed E-state index contributed by atoms with van der Waals surface area (Å²) in [5.41, 5.74) is 0.378. The van der Waals surface area contributed by atoms with Gasteiger partial charge in [0.05, 0.1) is 5.02 Å². The maximum atomic E-state index is 11.6. The van der Waals surface area contributed by atoms with Gasteiger partial charge in [-0.25, -0.2) is 4.98 Å². The normalized spacial score (nSPS) is 12.2. The highest BCUT2D eigenvalue weighted by atomic mass is 35.5. The summed E-state index contributed by atoms with van der Waals surface area (Å²) < 4.78 is 0. The Morgan fingerprint density at radius 3 is 2.88 bits per heavy atom. The third kappa shape index (κ3) is 4.81. The standard InChI is InChI=1S/C11H14Cl2N2O/c1-8(12)3-2-6-14-11(16)10-5-4-9(13)7-15-10/h4-5,7-8H,2-3,6H2,1H3,(H,14,16). The summed E-state index contributed by atoms with van der Waals surface area (Å²) in [6.45, 7) is 2.55. The van der Waals surface area contributed by atoms with Crippen LogP contribution in [0.3, 0.4) is 0 Å². The molecule has 0 radical (unpaired) electrons. The fourth-order valence-corrected chi connectivity index (χ4v) is 1.45. The number of carbonyl (C=O) groups is 1. The van der Waals surface area contributed by atoms with Crippen molar-refractivity contribution in [2.45, 2.75) is 25.1 Å². The van der Waals surface area contributed by atoms with Gasteiger partial charge in [-0.2, -0.15) is 0 Å². The summed E-state index contributed by atoms with van der Waals surface area (Å²) >= 11 is 11.5. The molecular weight excluding hydrogens is 247 g/mol. The van der Waals surface area contributed by atoms with Crippen molar-refractivity contribution in [3.8, 4) is 0 Å². The lowest BCUT2D eigenvalue weighted by atomic mass is 10.2. The minimum absolute atomic E-state index is 0.144. The number of nitrogens with zero attached hydrogens (tertiary/aromatic N) is 1. The van der Waals surface area contributed by atoms with Crippen LogP contribution in [0.1, 0.15) is 30.3 Å². The van der Waals surface area contributed by atoms with E-state index < -0.39 is 0 Å². The number of rotatable bonds is 5. The first-order valence-corrected chi connectivity index (χ1v) is 5.95. The van der Waals surface area contributed by atoms with E-state index in [-0.39, 0.29) is 11.3 Å². The molecule has 1 aromatic rings. The molecule has 0 spiro atoms. The fourth-order valence-electron chi connectivity index (χ4n) is 1.19. The van der Waals surface area contributed by atoms with Crippen LogP contribution in [0, 0.1) is 0 Å². The molecule has 0 aliphatic rings. The Morgan fingerprint density at radius 2 is 2.31 bits per heavy atom. The molecule has 16 heavy (non-hydrogen) atoms. The van der Waals surface area contributed by atoms with Gasteiger partial charge in [0.15, 0.2) is 0 Å². The SMILES string of the molecule is CC(Cl)CCCNC(=O)c1ccc(Cl)cn1. The van der Waals surface area contributed by atoms with Gasteiger partial charge >= 0.3 is 0 Å². The van der Waals surface area contributed by atoms with Gasteiger partial charge in [0, 0.05) is 18.1 Å². The van der Waals surface area contributed by atoms with Crippen molar-refractivity contribution >= 4 is 29.1 Å². The first-order valence-electron chi connectivity index (χ1n) is 5.13. The molecule has 1 unspecified atom stereocenters. The van der Waals surface area contributed by atoms with Gasteiger partial charge in [-0.05, 0) is 31.9 Å². The summed E-state index contributed by atoms with van der Waals surface area (Å²) in [6.07, 6.45) is 3.21. The van der Waals surface area contributed by atoms with Crippen LogP contribution in [-0.2, 0) is 0 Å². The van der Waals surface area contributed by atoms with Gasteiger partial charge < -0.3 is 5.32 Å². The molecule has 0 bridgehead atoms. The largest absolute Gasteiger partial charge is 0.351 e. The highest BCUT2D eigenvalue weighted by Gasteiger charge is 2.05. The topological polar surface area (TPSA) is 42.0 Å². The second kappa shape index (κ2) is 6.71. The zero-order valence-corrected chi connectivity index (χ0v) is 10.6. The molecule has 0 fully saturated rings. The molecule has 1 amide bonds. The van der Waals surface area contributed by atoms with E-state index in [0.717, 1.165) is 12.8 Å². The molecule has 1 rings (SSSR count). The minimum Gasteiger partial charge on any atom is -0.351 e. The van der Waals surface area contributed by atoms with Crippen molar-refractivity contribution < 1.29 is 4.79 Å². The van der Waals surface area contributed by atoms with Crippen LogP contribution in [0.25, 0.3) is 0 Å². The number of hydrogen-bond acceptors (Lipinski definition) is 2. The third-order valence-electron chi connectivity index (χ3n) is 2.02. The number of amides is 1. The Bertz CT molecular complexity index is 338. The number of aromatic nitrogens is 1. The van der Waals surface area contributed by atoms with E-state index in [0.29, 0.717) is 17.3 Å². The van der Waals surface area contributed by atoms with E-state index in [9.17, 15) is 4.79 Å². The third-order valence-corrected chi connectivity index (χ3v) is 2.47. The van der Waals surface area contributed by atoms with E-state index in [1.165, 1.54) is 6.20 Å². The number of nitrogens with one attached hydrogen (secondary N) is 1. The molecule has 1 atom stereocenters. The molecular formula is C11H14Cl2N2O. The lowest BCUT2D eigenvalue weighted by molar-refractivity contribution is 0.0948. The number of halogens is 2. The number of alkyl halides is 1. The summed E-state index contributed by atoms with van der Waals surface area (Å²) in [7, 11) is 0. The maximum Gasteiger partial charge on any atom is 0.269 e. The predicted molar refractivity (Wildman–Crippen MR) is 66.1 cm³/mol. The first kappa shape index (κ1) is 13.3. The molecule has 1 N–H and O–H groups in total. The van der Waals surface area contributed by atoms with Crippen LogP contribution < -0.4 is 5.32 Å². The van der Waals surface area contributed by atoms with Crippen molar-refractivity contribution in [1.82, 2.24) is 10.3 Å². The second-order valence-electron chi connectivity index (χ2n) is 3.54. The molecule has 0 saturated heterocycles. The number of pyridine rings is 1. The van der Waals surface area contributed by atoms with Crippen LogP contribution in [0.4, 0.5) is 0 Å². The molecule has 0 aromatic carbocycles. The van der Waals surface area contributed by atoms with Crippen molar-refractivity contribution in [2.24, 2.45) is 0 Å². The average molecular weight is 261 g/mol.